The number of nitrogens with zero attached hydrogens (tertiary/aromatic N) is 3. The average Bonchev–Trinajstić information content (AvgIpc) is 3.14. The third-order valence-electron chi connectivity index (χ3n) is 10.6. The van der Waals surface area contributed by atoms with Crippen molar-refractivity contribution in [1.29, 1.82) is 0 Å². The van der Waals surface area contributed by atoms with E-state index in [1.54, 1.807) is 18.1 Å². The molecule has 1 saturated heterocycles. The Hall–Kier alpha value is -3.16. The van der Waals surface area contributed by atoms with E-state index in [0.717, 1.165) is 49.4 Å². The number of carbonyl (C=O) groups excluding carboxylic acids is 2. The molecule has 2 aromatic carbocycles. The number of aryl methyl sites for hydroxylation is 1. The van der Waals surface area contributed by atoms with Crippen molar-refractivity contribution in [2.45, 2.75) is 64.5 Å². The minimum Gasteiger partial charge on any atom is -0.491 e. The zero-order valence-electron chi connectivity index (χ0n) is 30.5. The van der Waals surface area contributed by atoms with E-state index in [4.69, 9.17) is 25.8 Å². The van der Waals surface area contributed by atoms with Crippen LogP contribution in [0.5, 0.6) is 5.75 Å². The molecule has 6 rings (SSSR count). The lowest BCUT2D eigenvalue weighted by Crippen LogP contribution is -2.47. The second-order valence-electron chi connectivity index (χ2n) is 14.6. The predicted molar refractivity (Wildman–Crippen MR) is 205 cm³/mol. The lowest BCUT2D eigenvalue weighted by Gasteiger charge is -2.43. The average molecular weight is 756 g/mol. The molecule has 0 spiro atoms. The summed E-state index contributed by atoms with van der Waals surface area (Å²) in [6, 6.07) is 11.0. The van der Waals surface area contributed by atoms with Crippen LogP contribution < -0.4 is 19.7 Å². The highest BCUT2D eigenvalue weighted by molar-refractivity contribution is 7.92. The number of methoxy groups -OCH3 is 1. The van der Waals surface area contributed by atoms with Gasteiger partial charge in [-0.15, -0.1) is 4.36 Å². The standard InChI is InChI=1S/C39H54ClN5O6S/c1-28-7-5-9-36(49-2)34-14-11-32(34)26-45-25-31-10-13-33(40)23-29(31)8-3-4-21-51-37-15-12-30(24-35(37)45)38(46)42-52(48,27-28)43-39(47)44-18-6-20-50-22-17-41-16-19-44/h5,9-10,12-13,15,23-24,28,32,34,36,41H,3-4,6-8,11,14,16-22,25-27H2,1-2H3,(H,42,43,46,47,48)/b9-5+/t28-,32-,34+,36-,52?/m0/s1. The quantitative estimate of drug-likeness (QED) is 0.346. The van der Waals surface area contributed by atoms with Crippen molar-refractivity contribution < 1.29 is 28.0 Å². The summed E-state index contributed by atoms with van der Waals surface area (Å²) in [5.74, 6) is 0.631. The lowest BCUT2D eigenvalue weighted by atomic mass is 9.70. The van der Waals surface area contributed by atoms with Gasteiger partial charge in [0, 0.05) is 63.6 Å². The number of urea groups is 1. The molecule has 2 aromatic rings. The number of rotatable bonds is 2. The molecular formula is C39H54ClN5O6S. The summed E-state index contributed by atoms with van der Waals surface area (Å²) < 4.78 is 39.8. The van der Waals surface area contributed by atoms with Crippen LogP contribution in [0.1, 0.15) is 66.9 Å². The van der Waals surface area contributed by atoms with Crippen LogP contribution in [0, 0.1) is 17.8 Å². The highest BCUT2D eigenvalue weighted by Gasteiger charge is 2.38. The molecule has 2 fully saturated rings. The van der Waals surface area contributed by atoms with Crippen LogP contribution in [0.2, 0.25) is 5.02 Å². The predicted octanol–water partition coefficient (Wildman–Crippen LogP) is 6.24. The fraction of sp³-hybridized carbons (Fsp3) is 0.590. The molecule has 11 nitrogen and oxygen atoms in total. The minimum atomic E-state index is -3.53. The zero-order valence-corrected chi connectivity index (χ0v) is 32.1. The van der Waals surface area contributed by atoms with Crippen LogP contribution >= 0.6 is 11.6 Å². The first-order valence-electron chi connectivity index (χ1n) is 18.8. The molecule has 0 aromatic heterocycles. The molecule has 2 N–H and O–H groups in total. The first-order valence-corrected chi connectivity index (χ1v) is 20.9. The number of carbonyl (C=O) groups is 2. The number of benzene rings is 2. The van der Waals surface area contributed by atoms with Crippen molar-refractivity contribution in [1.82, 2.24) is 14.9 Å². The van der Waals surface area contributed by atoms with Crippen molar-refractivity contribution in [2.24, 2.45) is 22.1 Å². The van der Waals surface area contributed by atoms with Gasteiger partial charge in [-0.3, -0.25) is 9.52 Å². The van der Waals surface area contributed by atoms with Gasteiger partial charge in [0.1, 0.15) is 15.7 Å². The Morgan fingerprint density at radius 3 is 2.77 bits per heavy atom. The second-order valence-corrected chi connectivity index (χ2v) is 17.0. The van der Waals surface area contributed by atoms with Crippen LogP contribution in [0.3, 0.4) is 0 Å². The molecule has 1 saturated carbocycles. The number of allylic oxidation sites excluding steroid dienone is 1. The zero-order chi connectivity index (χ0) is 36.5. The van der Waals surface area contributed by atoms with E-state index in [1.807, 2.05) is 25.1 Å². The van der Waals surface area contributed by atoms with E-state index < -0.39 is 21.9 Å². The number of ether oxygens (including phenoxy) is 3. The summed E-state index contributed by atoms with van der Waals surface area (Å²) >= 11 is 6.48. The summed E-state index contributed by atoms with van der Waals surface area (Å²) in [5.41, 5.74) is 3.48. The normalized spacial score (nSPS) is 28.7. The van der Waals surface area contributed by atoms with Crippen LogP contribution in [-0.4, -0.2) is 92.6 Å². The van der Waals surface area contributed by atoms with Crippen LogP contribution in [-0.2, 0) is 32.4 Å². The number of anilines is 1. The Kier molecular flexibility index (Phi) is 13.5. The molecule has 5 atom stereocenters. The molecule has 3 amide bonds. The van der Waals surface area contributed by atoms with Gasteiger partial charge in [0.15, 0.2) is 0 Å². The monoisotopic (exact) mass is 755 g/mol. The van der Waals surface area contributed by atoms with Crippen LogP contribution in [0.25, 0.3) is 0 Å². The van der Waals surface area contributed by atoms with Gasteiger partial charge in [-0.1, -0.05) is 36.7 Å². The Bertz CT molecular complexity index is 1700. The highest BCUT2D eigenvalue weighted by atomic mass is 35.5. The topological polar surface area (TPSA) is 122 Å². The summed E-state index contributed by atoms with van der Waals surface area (Å²) in [5, 5.41) is 3.98. The van der Waals surface area contributed by atoms with Gasteiger partial charge in [-0.05, 0) is 104 Å². The Morgan fingerprint density at radius 2 is 1.94 bits per heavy atom. The van der Waals surface area contributed by atoms with Crippen LogP contribution in [0.4, 0.5) is 10.5 Å². The summed E-state index contributed by atoms with van der Waals surface area (Å²) in [4.78, 5) is 31.7. The molecular weight excluding hydrogens is 702 g/mol. The van der Waals surface area contributed by atoms with Gasteiger partial charge < -0.3 is 29.3 Å². The van der Waals surface area contributed by atoms with E-state index in [9.17, 15) is 13.8 Å². The first-order chi connectivity index (χ1) is 25.2. The summed E-state index contributed by atoms with van der Waals surface area (Å²) in [6.07, 6.45) is 10.3. The molecule has 13 heteroatoms. The summed E-state index contributed by atoms with van der Waals surface area (Å²) in [7, 11) is -1.76. The van der Waals surface area contributed by atoms with Gasteiger partial charge in [-0.2, -0.15) is 0 Å². The number of fused-ring (bicyclic) bond motifs is 3. The fourth-order valence-corrected chi connectivity index (χ4v) is 9.71. The van der Waals surface area contributed by atoms with Gasteiger partial charge in [0.25, 0.3) is 5.91 Å². The van der Waals surface area contributed by atoms with Gasteiger partial charge in [-0.25, -0.2) is 9.00 Å². The number of nitrogens with one attached hydrogen (secondary N) is 2. The molecule has 1 unspecified atom stereocenters. The van der Waals surface area contributed by atoms with E-state index >= 15 is 0 Å². The highest BCUT2D eigenvalue weighted by Crippen LogP contribution is 2.42. The SMILES string of the molecule is CO[C@H]1/C=C/C[C@H](C)CS(=O)(NC(=O)N2CCCOCCNCC2)=NC(=O)c2ccc3c(c2)N(Cc2ccc(Cl)cc2CCCCO3)C[C@@H]2CC[C@H]21. The van der Waals surface area contributed by atoms with Crippen LogP contribution in [0.15, 0.2) is 52.9 Å². The van der Waals surface area contributed by atoms with Crippen molar-refractivity contribution in [3.8, 4) is 5.75 Å². The molecule has 2 bridgehead atoms. The molecule has 3 aliphatic heterocycles. The summed E-state index contributed by atoms with van der Waals surface area (Å²) in [6.45, 7) is 7.13. The minimum absolute atomic E-state index is 0.0211. The van der Waals surface area contributed by atoms with E-state index in [1.165, 1.54) is 11.1 Å². The Morgan fingerprint density at radius 1 is 1.06 bits per heavy atom. The Balaban J connectivity index is 1.40. The van der Waals surface area contributed by atoms with Gasteiger partial charge in [0.05, 0.1) is 30.8 Å². The largest absolute Gasteiger partial charge is 0.491 e. The van der Waals surface area contributed by atoms with Crippen molar-refractivity contribution in [3.63, 3.8) is 0 Å². The molecule has 284 valence electrons. The van der Waals surface area contributed by atoms with E-state index in [0.29, 0.717) is 88.5 Å². The van der Waals surface area contributed by atoms with Gasteiger partial charge >= 0.3 is 6.03 Å². The maximum Gasteiger partial charge on any atom is 0.329 e. The van der Waals surface area contributed by atoms with E-state index in [2.05, 4.69) is 43.6 Å². The maximum absolute atomic E-state index is 14.7. The third-order valence-corrected chi connectivity index (χ3v) is 12.8. The molecule has 1 aliphatic carbocycles. The molecule has 52 heavy (non-hydrogen) atoms. The maximum atomic E-state index is 14.7. The fourth-order valence-electron chi connectivity index (χ4n) is 7.63. The van der Waals surface area contributed by atoms with Gasteiger partial charge in [0.2, 0.25) is 0 Å². The van der Waals surface area contributed by atoms with Crippen molar-refractivity contribution >= 4 is 39.1 Å². The number of amides is 3. The molecule has 4 aliphatic rings. The van der Waals surface area contributed by atoms with Crippen molar-refractivity contribution in [3.05, 3.63) is 70.3 Å². The second kappa shape index (κ2) is 18.2. The number of halogens is 1. The van der Waals surface area contributed by atoms with Crippen molar-refractivity contribution in [2.75, 3.05) is 70.3 Å². The third kappa shape index (κ3) is 10.1. The lowest BCUT2D eigenvalue weighted by molar-refractivity contribution is 0.0133. The number of hydrogen-bond acceptors (Lipinski definition) is 8. The Labute approximate surface area is 314 Å². The molecule has 0 radical (unpaired) electrons. The molecule has 3 heterocycles. The first kappa shape index (κ1) is 38.6. The number of hydrogen-bond donors (Lipinski definition) is 2. The van der Waals surface area contributed by atoms with E-state index in [-0.39, 0.29) is 17.8 Å². The smallest absolute Gasteiger partial charge is 0.329 e.